The van der Waals surface area contributed by atoms with E-state index < -0.39 is 5.54 Å². The van der Waals surface area contributed by atoms with Crippen LogP contribution in [0.2, 0.25) is 10.0 Å². The van der Waals surface area contributed by atoms with Gasteiger partial charge in [0.25, 0.3) is 5.91 Å². The van der Waals surface area contributed by atoms with E-state index >= 15 is 0 Å². The third-order valence-corrected chi connectivity index (χ3v) is 3.59. The second-order valence-electron chi connectivity index (χ2n) is 6.12. The van der Waals surface area contributed by atoms with Crippen molar-refractivity contribution in [1.29, 1.82) is 0 Å². The maximum Gasteiger partial charge on any atom is 1.00 e. The van der Waals surface area contributed by atoms with Crippen LogP contribution in [0.15, 0.2) is 48.5 Å². The Morgan fingerprint density at radius 3 is 1.85 bits per heavy atom. The van der Waals surface area contributed by atoms with Gasteiger partial charge in [-0.1, -0.05) is 59.1 Å². The van der Waals surface area contributed by atoms with Crippen LogP contribution in [-0.2, 0) is 0 Å². The zero-order valence-electron chi connectivity index (χ0n) is 17.1. The van der Waals surface area contributed by atoms with Gasteiger partial charge in [0.1, 0.15) is 0 Å². The number of hydrazine groups is 1. The number of aryl methyl sites for hydroxylation is 1. The van der Waals surface area contributed by atoms with Crippen LogP contribution in [0, 0.1) is 6.92 Å². The number of rotatable bonds is 1. The number of nitrogens with zero attached hydrogens (tertiary/aromatic N) is 1. The van der Waals surface area contributed by atoms with Crippen molar-refractivity contribution in [1.82, 2.24) is 5.01 Å². The smallest absolute Gasteiger partial charge is 1.00 e. The van der Waals surface area contributed by atoms with Gasteiger partial charge in [-0.15, -0.1) is 24.8 Å². The quantitative estimate of drug-likeness (QED) is 0.302. The predicted octanol–water partition coefficient (Wildman–Crippen LogP) is 2.24. The minimum absolute atomic E-state index is 0. The van der Waals surface area contributed by atoms with E-state index in [0.29, 0.717) is 15.6 Å². The van der Waals surface area contributed by atoms with Gasteiger partial charge in [-0.2, -0.15) is 0 Å². The van der Waals surface area contributed by atoms with Gasteiger partial charge in [0, 0.05) is 5.02 Å². The van der Waals surface area contributed by atoms with Crippen molar-refractivity contribution in [2.24, 2.45) is 5.84 Å². The standard InChI is InChI=1S/C11H14Cl2N2O.C7H8.2ClH.Na.H2O.H/c1-11(2,3)15(14)10(16)8-5-4-7(12)6-9(8)13;1-7-5-3-2-4-6-7;;;;;/h4-6H,14H2,1-3H3;2-6H,1H3;2*1H;;1H2;/q;;;;+1;;-1. The van der Waals surface area contributed by atoms with E-state index in [1.165, 1.54) is 11.6 Å². The average Bonchev–Trinajstić information content (AvgIpc) is 2.46. The SMILES string of the molecule is CC(C)(C)N(N)C(=O)c1ccc(Cl)cc1Cl.Cc1ccccc1.Cl.Cl.O.[H-].[Na+]. The Hall–Kier alpha value is -0.01000. The maximum absolute atomic E-state index is 12.0. The summed E-state index contributed by atoms with van der Waals surface area (Å²) in [4.78, 5) is 12.0. The Morgan fingerprint density at radius 1 is 1.04 bits per heavy atom. The van der Waals surface area contributed by atoms with E-state index in [1.807, 2.05) is 39.0 Å². The fourth-order valence-electron chi connectivity index (χ4n) is 1.63. The van der Waals surface area contributed by atoms with Crippen molar-refractivity contribution in [2.45, 2.75) is 33.2 Å². The van der Waals surface area contributed by atoms with Gasteiger partial charge >= 0.3 is 29.6 Å². The normalized spacial score (nSPS) is 9.00. The summed E-state index contributed by atoms with van der Waals surface area (Å²) in [5, 5.41) is 1.94. The van der Waals surface area contributed by atoms with Crippen molar-refractivity contribution < 1.29 is 41.3 Å². The van der Waals surface area contributed by atoms with Crippen LogP contribution in [0.1, 0.15) is 38.1 Å². The van der Waals surface area contributed by atoms with Crippen LogP contribution in [0.5, 0.6) is 0 Å². The van der Waals surface area contributed by atoms with E-state index in [9.17, 15) is 4.79 Å². The summed E-state index contributed by atoms with van der Waals surface area (Å²) in [7, 11) is 0. The number of carbonyl (C=O) groups is 1. The number of hydrogen-bond donors (Lipinski definition) is 1. The number of carbonyl (C=O) groups excluding carboxylic acids is 1. The Bertz CT molecular complexity index is 674. The molecule has 0 fully saturated rings. The molecule has 0 heterocycles. The number of amides is 1. The van der Waals surface area contributed by atoms with Gasteiger partial charge in [-0.3, -0.25) is 9.80 Å². The summed E-state index contributed by atoms with van der Waals surface area (Å²) in [6.45, 7) is 7.61. The third kappa shape index (κ3) is 12.2. The summed E-state index contributed by atoms with van der Waals surface area (Å²) in [6.07, 6.45) is 0. The Labute approximate surface area is 207 Å². The third-order valence-electron chi connectivity index (χ3n) is 3.04. The van der Waals surface area contributed by atoms with Crippen molar-refractivity contribution >= 4 is 53.9 Å². The molecule has 0 saturated heterocycles. The molecule has 0 bridgehead atoms. The van der Waals surface area contributed by atoms with Gasteiger partial charge in [0.15, 0.2) is 0 Å². The molecular formula is C18H27Cl4N2NaO2. The minimum Gasteiger partial charge on any atom is -1.00 e. The number of nitrogens with two attached hydrogens (primary N) is 1. The summed E-state index contributed by atoms with van der Waals surface area (Å²) < 4.78 is 0. The molecule has 27 heavy (non-hydrogen) atoms. The monoisotopic (exact) mass is 466 g/mol. The van der Waals surface area contributed by atoms with Crippen molar-refractivity contribution in [3.05, 3.63) is 69.7 Å². The van der Waals surface area contributed by atoms with E-state index in [4.69, 9.17) is 29.0 Å². The predicted molar refractivity (Wildman–Crippen MR) is 117 cm³/mol. The molecule has 0 spiro atoms. The maximum atomic E-state index is 12.0. The molecule has 150 valence electrons. The molecule has 0 aliphatic heterocycles. The van der Waals surface area contributed by atoms with Gasteiger partial charge in [0.2, 0.25) is 0 Å². The van der Waals surface area contributed by atoms with E-state index in [0.717, 1.165) is 5.01 Å². The number of hydrogen-bond acceptors (Lipinski definition) is 2. The number of halogens is 4. The van der Waals surface area contributed by atoms with Gasteiger partial charge in [-0.25, -0.2) is 5.84 Å². The summed E-state index contributed by atoms with van der Waals surface area (Å²) >= 11 is 11.7. The first kappa shape index (κ1) is 34.5. The fourth-order valence-corrected chi connectivity index (χ4v) is 2.12. The molecule has 0 unspecified atom stereocenters. The van der Waals surface area contributed by atoms with E-state index in [1.54, 1.807) is 12.1 Å². The van der Waals surface area contributed by atoms with Crippen LogP contribution in [0.3, 0.4) is 0 Å². The fraction of sp³-hybridized carbons (Fsp3) is 0.278. The van der Waals surface area contributed by atoms with Crippen molar-refractivity contribution in [3.8, 4) is 0 Å². The van der Waals surface area contributed by atoms with Crippen molar-refractivity contribution in [3.63, 3.8) is 0 Å². The molecule has 9 heteroatoms. The molecule has 2 rings (SSSR count). The molecule has 0 radical (unpaired) electrons. The molecule has 0 aliphatic rings. The largest absolute Gasteiger partial charge is 1.00 e. The van der Waals surface area contributed by atoms with Gasteiger partial charge < -0.3 is 6.90 Å². The average molecular weight is 468 g/mol. The second kappa shape index (κ2) is 15.9. The second-order valence-corrected chi connectivity index (χ2v) is 6.97. The molecule has 1 amide bonds. The summed E-state index contributed by atoms with van der Waals surface area (Å²) in [5.74, 6) is 5.40. The zero-order chi connectivity index (χ0) is 17.6. The molecule has 0 aromatic heterocycles. The molecule has 2 aromatic carbocycles. The van der Waals surface area contributed by atoms with Crippen LogP contribution in [0.4, 0.5) is 0 Å². The van der Waals surface area contributed by atoms with Crippen LogP contribution in [-0.4, -0.2) is 21.9 Å². The first-order valence-electron chi connectivity index (χ1n) is 7.19. The Morgan fingerprint density at radius 2 is 1.52 bits per heavy atom. The Kier molecular flexibility index (Phi) is 20.3. The molecule has 2 aromatic rings. The van der Waals surface area contributed by atoms with E-state index in [2.05, 4.69) is 19.1 Å². The van der Waals surface area contributed by atoms with Crippen LogP contribution in [0.25, 0.3) is 0 Å². The number of benzene rings is 2. The van der Waals surface area contributed by atoms with Gasteiger partial charge in [0.05, 0.1) is 16.1 Å². The molecule has 0 saturated carbocycles. The molecule has 0 aliphatic carbocycles. The first-order chi connectivity index (χ1) is 10.6. The first-order valence-corrected chi connectivity index (χ1v) is 7.94. The van der Waals surface area contributed by atoms with Crippen LogP contribution >= 0.6 is 48.0 Å². The summed E-state index contributed by atoms with van der Waals surface area (Å²) in [5.41, 5.74) is 1.21. The zero-order valence-corrected chi connectivity index (χ0v) is 21.3. The molecule has 0 atom stereocenters. The van der Waals surface area contributed by atoms with Gasteiger partial charge in [-0.05, 0) is 45.9 Å². The van der Waals surface area contributed by atoms with Crippen molar-refractivity contribution in [2.75, 3.05) is 0 Å². The molecule has 4 N–H and O–H groups in total. The summed E-state index contributed by atoms with van der Waals surface area (Å²) in [6, 6.07) is 15.0. The molecule has 4 nitrogen and oxygen atoms in total. The van der Waals surface area contributed by atoms with E-state index in [-0.39, 0.29) is 67.2 Å². The minimum atomic E-state index is -0.458. The Balaban J connectivity index is -0.000000128. The topological polar surface area (TPSA) is 77.8 Å². The van der Waals surface area contributed by atoms with Crippen LogP contribution < -0.4 is 35.4 Å². The molecular weight excluding hydrogens is 441 g/mol.